The van der Waals surface area contributed by atoms with Gasteiger partial charge in [0.05, 0.1) is 35.9 Å². The highest BCUT2D eigenvalue weighted by Crippen LogP contribution is 2.39. The molecule has 2 aromatic rings. The van der Waals surface area contributed by atoms with Gasteiger partial charge in [0.2, 0.25) is 0 Å². The lowest BCUT2D eigenvalue weighted by Crippen LogP contribution is -2.36. The Balaban J connectivity index is 2.30. The topological polar surface area (TPSA) is 94.6 Å². The molecule has 0 spiro atoms. The lowest BCUT2D eigenvalue weighted by atomic mass is 10.1. The molecule has 190 valence electrons. The van der Waals surface area contributed by atoms with Crippen LogP contribution in [0.25, 0.3) is 0 Å². The minimum atomic E-state index is -0.676. The van der Waals surface area contributed by atoms with Gasteiger partial charge in [-0.05, 0) is 49.7 Å². The molecule has 35 heavy (non-hydrogen) atoms. The van der Waals surface area contributed by atoms with Crippen molar-refractivity contribution in [3.05, 3.63) is 51.5 Å². The van der Waals surface area contributed by atoms with Crippen molar-refractivity contribution in [1.82, 2.24) is 9.80 Å². The van der Waals surface area contributed by atoms with E-state index in [1.165, 1.54) is 23.0 Å². The summed E-state index contributed by atoms with van der Waals surface area (Å²) >= 11 is 12.9. The molecule has 0 N–H and O–H groups in total. The van der Waals surface area contributed by atoms with E-state index in [1.54, 1.807) is 52.2 Å². The van der Waals surface area contributed by atoms with E-state index in [1.807, 2.05) is 0 Å². The summed E-state index contributed by atoms with van der Waals surface area (Å²) in [7, 11) is 4.73. The second kappa shape index (κ2) is 13.1. The smallest absolute Gasteiger partial charge is 0.410 e. The number of hydrogen-bond donors (Lipinski definition) is 0. The summed E-state index contributed by atoms with van der Waals surface area (Å²) in [4.78, 5) is 39.3. The van der Waals surface area contributed by atoms with Crippen molar-refractivity contribution in [3.8, 4) is 17.2 Å². The normalized spacial score (nSPS) is 10.4. The fourth-order valence-corrected chi connectivity index (χ4v) is 3.67. The number of hydrogen-bond acceptors (Lipinski definition) is 7. The fraction of sp³-hybridized carbons (Fsp3) is 0.375. The van der Waals surface area contributed by atoms with Crippen molar-refractivity contribution >= 4 is 41.2 Å². The molecule has 2 rings (SSSR count). The molecule has 0 saturated carbocycles. The minimum Gasteiger partial charge on any atom is -0.496 e. The van der Waals surface area contributed by atoms with Crippen molar-refractivity contribution in [2.75, 3.05) is 41.0 Å². The molecule has 0 aliphatic carbocycles. The molecule has 0 unspecified atom stereocenters. The molecule has 0 fully saturated rings. The van der Waals surface area contributed by atoms with Gasteiger partial charge in [0.15, 0.2) is 5.75 Å². The second-order valence-electron chi connectivity index (χ2n) is 7.41. The fourth-order valence-electron chi connectivity index (χ4n) is 3.06. The molecule has 2 amide bonds. The number of rotatable bonds is 10. The molecule has 0 bridgehead atoms. The van der Waals surface area contributed by atoms with Crippen molar-refractivity contribution in [3.63, 3.8) is 0 Å². The Kier molecular flexibility index (Phi) is 10.5. The monoisotopic (exact) mass is 526 g/mol. The molecule has 0 radical (unpaired) electrons. The first-order valence-corrected chi connectivity index (χ1v) is 11.5. The number of carbonyl (C=O) groups excluding carboxylic acids is 3. The molecular formula is C24H28Cl2N2O7. The summed E-state index contributed by atoms with van der Waals surface area (Å²) < 4.78 is 21.1. The largest absolute Gasteiger partial charge is 0.496 e. The first kappa shape index (κ1) is 28.1. The van der Waals surface area contributed by atoms with Crippen LogP contribution in [0, 0.1) is 0 Å². The van der Waals surface area contributed by atoms with Crippen molar-refractivity contribution < 1.29 is 33.3 Å². The number of halogens is 2. The number of methoxy groups -OCH3 is 1. The Hall–Kier alpha value is -3.17. The third-order valence-electron chi connectivity index (χ3n) is 4.61. The molecule has 0 aromatic heterocycles. The van der Waals surface area contributed by atoms with Crippen LogP contribution in [-0.2, 0) is 20.8 Å². The van der Waals surface area contributed by atoms with Crippen LogP contribution in [-0.4, -0.2) is 68.7 Å². The van der Waals surface area contributed by atoms with Gasteiger partial charge in [0.25, 0.3) is 5.91 Å². The van der Waals surface area contributed by atoms with E-state index in [2.05, 4.69) is 0 Å². The van der Waals surface area contributed by atoms with Crippen LogP contribution in [0.1, 0.15) is 29.8 Å². The first-order chi connectivity index (χ1) is 16.6. The van der Waals surface area contributed by atoms with Crippen LogP contribution in [0.5, 0.6) is 17.2 Å². The summed E-state index contributed by atoms with van der Waals surface area (Å²) in [5.74, 6) is 0.0478. The van der Waals surface area contributed by atoms with Gasteiger partial charge in [0, 0.05) is 20.6 Å². The van der Waals surface area contributed by atoms with E-state index >= 15 is 0 Å². The molecule has 2 aromatic carbocycles. The minimum absolute atomic E-state index is 0.00138. The zero-order valence-corrected chi connectivity index (χ0v) is 21.7. The number of ether oxygens (including phenoxy) is 4. The van der Waals surface area contributed by atoms with Gasteiger partial charge in [-0.25, -0.2) is 4.79 Å². The standard InChI is InChI=1S/C24H28Cl2N2O7/c1-6-33-21(29)14-28(24(31)34-7-2)13-15-10-18(25)22(19(26)11-15)35-16-8-9-20(32-5)17(12-16)23(30)27(3)4/h8-12H,6-7,13-14H2,1-5H3. The predicted molar refractivity (Wildman–Crippen MR) is 132 cm³/mol. The summed E-state index contributed by atoms with van der Waals surface area (Å²) in [6, 6.07) is 7.89. The van der Waals surface area contributed by atoms with Gasteiger partial charge in [-0.3, -0.25) is 14.5 Å². The van der Waals surface area contributed by atoms with E-state index in [0.29, 0.717) is 22.6 Å². The highest BCUT2D eigenvalue weighted by Gasteiger charge is 2.22. The second-order valence-corrected chi connectivity index (χ2v) is 8.23. The molecule has 0 atom stereocenters. The number of nitrogens with zero attached hydrogens (tertiary/aromatic N) is 2. The average Bonchev–Trinajstić information content (AvgIpc) is 2.80. The number of amides is 2. The molecule has 0 saturated heterocycles. The van der Waals surface area contributed by atoms with Gasteiger partial charge in [-0.2, -0.15) is 0 Å². The van der Waals surface area contributed by atoms with E-state index in [4.69, 9.17) is 42.1 Å². The Morgan fingerprint density at radius 3 is 2.11 bits per heavy atom. The zero-order valence-electron chi connectivity index (χ0n) is 20.2. The highest BCUT2D eigenvalue weighted by molar-refractivity contribution is 6.37. The van der Waals surface area contributed by atoms with Crippen molar-refractivity contribution in [2.24, 2.45) is 0 Å². The molecule has 0 heterocycles. The third-order valence-corrected chi connectivity index (χ3v) is 5.17. The Morgan fingerprint density at radius 2 is 1.57 bits per heavy atom. The summed E-state index contributed by atoms with van der Waals surface area (Å²) in [6.07, 6.45) is -0.676. The van der Waals surface area contributed by atoms with E-state index < -0.39 is 12.1 Å². The maximum atomic E-state index is 12.5. The number of carbonyl (C=O) groups is 3. The Morgan fingerprint density at radius 1 is 0.943 bits per heavy atom. The summed E-state index contributed by atoms with van der Waals surface area (Å²) in [5.41, 5.74) is 0.853. The molecule has 11 heteroatoms. The van der Waals surface area contributed by atoms with E-state index in [-0.39, 0.29) is 48.0 Å². The summed E-state index contributed by atoms with van der Waals surface area (Å²) in [6.45, 7) is 3.37. The van der Waals surface area contributed by atoms with Gasteiger partial charge >= 0.3 is 12.1 Å². The van der Waals surface area contributed by atoms with Crippen molar-refractivity contribution in [1.29, 1.82) is 0 Å². The SMILES string of the molecule is CCOC(=O)CN(Cc1cc(Cl)c(Oc2ccc(OC)c(C(=O)N(C)C)c2)c(Cl)c1)C(=O)OCC. The number of benzene rings is 2. The maximum absolute atomic E-state index is 12.5. The Labute approximate surface area is 214 Å². The molecule has 9 nitrogen and oxygen atoms in total. The van der Waals surface area contributed by atoms with E-state index in [0.717, 1.165) is 0 Å². The summed E-state index contributed by atoms with van der Waals surface area (Å²) in [5, 5.41) is 0.340. The molecule has 0 aliphatic heterocycles. The van der Waals surface area contributed by atoms with Gasteiger partial charge in [-0.15, -0.1) is 0 Å². The zero-order chi connectivity index (χ0) is 26.1. The first-order valence-electron chi connectivity index (χ1n) is 10.7. The van der Waals surface area contributed by atoms with Crippen molar-refractivity contribution in [2.45, 2.75) is 20.4 Å². The predicted octanol–water partition coefficient (Wildman–Crippen LogP) is 5.02. The van der Waals surface area contributed by atoms with Crippen LogP contribution < -0.4 is 9.47 Å². The quantitative estimate of drug-likeness (QED) is 0.401. The lowest BCUT2D eigenvalue weighted by molar-refractivity contribution is -0.144. The highest BCUT2D eigenvalue weighted by atomic mass is 35.5. The molecule has 0 aliphatic rings. The lowest BCUT2D eigenvalue weighted by Gasteiger charge is -2.21. The molecular weight excluding hydrogens is 499 g/mol. The van der Waals surface area contributed by atoms with Crippen LogP contribution in [0.4, 0.5) is 4.79 Å². The Bertz CT molecular complexity index is 1050. The van der Waals surface area contributed by atoms with Crippen LogP contribution in [0.15, 0.2) is 30.3 Å². The average molecular weight is 527 g/mol. The maximum Gasteiger partial charge on any atom is 0.410 e. The van der Waals surface area contributed by atoms with Gasteiger partial charge < -0.3 is 23.8 Å². The van der Waals surface area contributed by atoms with Crippen LogP contribution in [0.3, 0.4) is 0 Å². The van der Waals surface area contributed by atoms with E-state index in [9.17, 15) is 14.4 Å². The van der Waals surface area contributed by atoms with Gasteiger partial charge in [-0.1, -0.05) is 23.2 Å². The number of esters is 1. The third kappa shape index (κ3) is 7.66. The van der Waals surface area contributed by atoms with Crippen LogP contribution >= 0.6 is 23.2 Å². The van der Waals surface area contributed by atoms with Gasteiger partial charge in [0.1, 0.15) is 18.0 Å². The van der Waals surface area contributed by atoms with Crippen LogP contribution in [0.2, 0.25) is 10.0 Å².